The normalized spacial score (nSPS) is 14.7. The summed E-state index contributed by atoms with van der Waals surface area (Å²) in [5.74, 6) is 0.353. The van der Waals surface area contributed by atoms with Crippen LogP contribution in [0.15, 0.2) is 48.8 Å². The zero-order valence-electron chi connectivity index (χ0n) is 16.7. The van der Waals surface area contributed by atoms with Crippen LogP contribution in [0.25, 0.3) is 0 Å². The van der Waals surface area contributed by atoms with Crippen LogP contribution in [0.1, 0.15) is 20.8 Å². The van der Waals surface area contributed by atoms with E-state index in [0.29, 0.717) is 38.7 Å². The third kappa shape index (κ3) is 3.98. The molecule has 0 unspecified atom stereocenters. The number of piperazine rings is 1. The molecule has 28 heavy (non-hydrogen) atoms. The summed E-state index contributed by atoms with van der Waals surface area (Å²) in [5.41, 5.74) is -0.320. The van der Waals surface area contributed by atoms with E-state index in [9.17, 15) is 9.59 Å². The maximum Gasteiger partial charge on any atom is 0.242 e. The van der Waals surface area contributed by atoms with E-state index < -0.39 is 5.41 Å². The number of aromatic nitrogens is 2. The highest BCUT2D eigenvalue weighted by molar-refractivity contribution is 6.11. The van der Waals surface area contributed by atoms with Gasteiger partial charge in [-0.15, -0.1) is 0 Å². The molecule has 1 aliphatic heterocycles. The number of hydrogen-bond donors (Lipinski definition) is 0. The lowest BCUT2D eigenvalue weighted by atomic mass is 9.89. The van der Waals surface area contributed by atoms with Crippen molar-refractivity contribution in [3.63, 3.8) is 0 Å². The molecule has 148 valence electrons. The van der Waals surface area contributed by atoms with E-state index >= 15 is 0 Å². The molecule has 0 radical (unpaired) electrons. The number of nitrogens with zero attached hydrogens (tertiary/aromatic N) is 5. The van der Waals surface area contributed by atoms with Crippen LogP contribution in [0, 0.1) is 5.41 Å². The quantitative estimate of drug-likeness (QED) is 0.743. The third-order valence-corrected chi connectivity index (χ3v) is 5.10. The predicted octanol–water partition coefficient (Wildman–Crippen LogP) is 2.20. The lowest BCUT2D eigenvalue weighted by Gasteiger charge is -2.39. The van der Waals surface area contributed by atoms with Gasteiger partial charge in [-0.3, -0.25) is 9.59 Å². The second kappa shape index (κ2) is 8.37. The van der Waals surface area contributed by atoms with E-state index in [0.717, 1.165) is 5.69 Å². The van der Waals surface area contributed by atoms with Crippen molar-refractivity contribution in [2.24, 2.45) is 5.41 Å². The highest BCUT2D eigenvalue weighted by Crippen LogP contribution is 2.27. The van der Waals surface area contributed by atoms with Crippen LogP contribution in [0.5, 0.6) is 0 Å². The van der Waals surface area contributed by atoms with Crippen molar-refractivity contribution >= 4 is 23.5 Å². The Morgan fingerprint density at radius 1 is 1.00 bits per heavy atom. The van der Waals surface area contributed by atoms with E-state index in [-0.39, 0.29) is 11.8 Å². The number of carbonyl (C=O) groups excluding carboxylic acids is 2. The minimum absolute atomic E-state index is 0.138. The molecule has 0 saturated carbocycles. The van der Waals surface area contributed by atoms with Crippen molar-refractivity contribution in [2.75, 3.05) is 42.5 Å². The van der Waals surface area contributed by atoms with Crippen molar-refractivity contribution in [3.8, 4) is 0 Å². The van der Waals surface area contributed by atoms with Gasteiger partial charge in [0.2, 0.25) is 17.8 Å². The zero-order valence-corrected chi connectivity index (χ0v) is 16.7. The van der Waals surface area contributed by atoms with Gasteiger partial charge in [-0.25, -0.2) is 9.97 Å². The largest absolute Gasteiger partial charge is 0.338 e. The Bertz CT molecular complexity index is 802. The van der Waals surface area contributed by atoms with Crippen molar-refractivity contribution in [3.05, 3.63) is 48.8 Å². The van der Waals surface area contributed by atoms with Gasteiger partial charge in [0.05, 0.1) is 0 Å². The molecule has 0 spiro atoms. The molecule has 0 bridgehead atoms. The van der Waals surface area contributed by atoms with Crippen molar-refractivity contribution in [1.82, 2.24) is 14.9 Å². The Kier molecular flexibility index (Phi) is 5.92. The van der Waals surface area contributed by atoms with E-state index in [1.54, 1.807) is 42.1 Å². The number of carbonyl (C=O) groups is 2. The molecule has 3 rings (SSSR count). The van der Waals surface area contributed by atoms with Gasteiger partial charge in [0.1, 0.15) is 5.41 Å². The lowest BCUT2D eigenvalue weighted by molar-refractivity contribution is -0.147. The second-order valence-corrected chi connectivity index (χ2v) is 7.34. The number of anilines is 2. The summed E-state index contributed by atoms with van der Waals surface area (Å²) in [6, 6.07) is 11.3. The number of amides is 2. The van der Waals surface area contributed by atoms with Crippen LogP contribution in [-0.4, -0.2) is 59.4 Å². The molecule has 0 N–H and O–H groups in total. The van der Waals surface area contributed by atoms with Gasteiger partial charge in [-0.2, -0.15) is 0 Å². The first-order valence-corrected chi connectivity index (χ1v) is 9.63. The summed E-state index contributed by atoms with van der Waals surface area (Å²) in [6.07, 6.45) is 3.43. The maximum atomic E-state index is 13.2. The minimum atomic E-state index is -1.13. The zero-order chi connectivity index (χ0) is 20.1. The summed E-state index contributed by atoms with van der Waals surface area (Å²) in [4.78, 5) is 40.4. The van der Waals surface area contributed by atoms with E-state index in [2.05, 4.69) is 14.9 Å². The SMILES string of the molecule is CCN(C(=O)C(C)(C)C(=O)N1CCN(c2ncccn2)CC1)c1ccccc1. The van der Waals surface area contributed by atoms with Gasteiger partial charge in [0.15, 0.2) is 0 Å². The second-order valence-electron chi connectivity index (χ2n) is 7.34. The maximum absolute atomic E-state index is 13.2. The number of hydrogen-bond acceptors (Lipinski definition) is 5. The smallest absolute Gasteiger partial charge is 0.242 e. The Morgan fingerprint density at radius 3 is 2.18 bits per heavy atom. The van der Waals surface area contributed by atoms with Gasteiger partial charge in [-0.1, -0.05) is 18.2 Å². The number of para-hydroxylation sites is 1. The fourth-order valence-electron chi connectivity index (χ4n) is 3.44. The van der Waals surface area contributed by atoms with Crippen LogP contribution in [0.2, 0.25) is 0 Å². The molecular weight excluding hydrogens is 354 g/mol. The lowest BCUT2D eigenvalue weighted by Crippen LogP contribution is -2.56. The summed E-state index contributed by atoms with van der Waals surface area (Å²) in [6.45, 7) is 8.26. The fraction of sp³-hybridized carbons (Fsp3) is 0.429. The van der Waals surface area contributed by atoms with Crippen molar-refractivity contribution in [2.45, 2.75) is 20.8 Å². The number of rotatable bonds is 5. The highest BCUT2D eigenvalue weighted by Gasteiger charge is 2.42. The van der Waals surface area contributed by atoms with Gasteiger partial charge in [-0.05, 0) is 39.0 Å². The molecule has 2 heterocycles. The first-order chi connectivity index (χ1) is 13.4. The molecule has 2 amide bonds. The van der Waals surface area contributed by atoms with Crippen LogP contribution >= 0.6 is 0 Å². The topological polar surface area (TPSA) is 69.6 Å². The Hall–Kier alpha value is -2.96. The Balaban J connectivity index is 1.68. The summed E-state index contributed by atoms with van der Waals surface area (Å²) >= 11 is 0. The average Bonchev–Trinajstić information content (AvgIpc) is 2.75. The van der Waals surface area contributed by atoms with Gasteiger partial charge in [0, 0.05) is 50.8 Å². The highest BCUT2D eigenvalue weighted by atomic mass is 16.2. The monoisotopic (exact) mass is 381 g/mol. The van der Waals surface area contributed by atoms with E-state index in [1.165, 1.54) is 0 Å². The Labute approximate surface area is 166 Å². The summed E-state index contributed by atoms with van der Waals surface area (Å²) in [5, 5.41) is 0. The molecule has 7 nitrogen and oxygen atoms in total. The molecule has 2 aromatic rings. The first-order valence-electron chi connectivity index (χ1n) is 9.63. The van der Waals surface area contributed by atoms with Crippen molar-refractivity contribution in [1.29, 1.82) is 0 Å². The molecule has 1 aliphatic rings. The molecule has 0 atom stereocenters. The Morgan fingerprint density at radius 2 is 1.61 bits per heavy atom. The first kappa shape index (κ1) is 19.8. The van der Waals surface area contributed by atoms with Gasteiger partial charge < -0.3 is 14.7 Å². The van der Waals surface area contributed by atoms with Crippen molar-refractivity contribution < 1.29 is 9.59 Å². The van der Waals surface area contributed by atoms with Crippen LogP contribution in [0.3, 0.4) is 0 Å². The number of benzene rings is 1. The fourth-order valence-corrected chi connectivity index (χ4v) is 3.44. The molecular formula is C21H27N5O2. The standard InChI is InChI=1S/C21H27N5O2/c1-4-26(17-9-6-5-7-10-17)19(28)21(2,3)18(27)24-13-15-25(16-14-24)20-22-11-8-12-23-20/h5-12H,4,13-16H2,1-3H3. The molecule has 0 aliphatic carbocycles. The van der Waals surface area contributed by atoms with Crippen LogP contribution in [-0.2, 0) is 9.59 Å². The van der Waals surface area contributed by atoms with E-state index in [1.807, 2.05) is 37.3 Å². The third-order valence-electron chi connectivity index (χ3n) is 5.10. The van der Waals surface area contributed by atoms with Crippen LogP contribution in [0.4, 0.5) is 11.6 Å². The van der Waals surface area contributed by atoms with E-state index in [4.69, 9.17) is 0 Å². The summed E-state index contributed by atoms with van der Waals surface area (Å²) < 4.78 is 0. The summed E-state index contributed by atoms with van der Waals surface area (Å²) in [7, 11) is 0. The molecule has 1 fully saturated rings. The minimum Gasteiger partial charge on any atom is -0.338 e. The molecule has 7 heteroatoms. The molecule has 1 aromatic heterocycles. The molecule has 1 aromatic carbocycles. The average molecular weight is 381 g/mol. The van der Waals surface area contributed by atoms with Crippen LogP contribution < -0.4 is 9.80 Å². The van der Waals surface area contributed by atoms with Gasteiger partial charge >= 0.3 is 0 Å². The molecule has 1 saturated heterocycles. The van der Waals surface area contributed by atoms with Gasteiger partial charge in [0.25, 0.3) is 0 Å². The predicted molar refractivity (Wildman–Crippen MR) is 109 cm³/mol.